The van der Waals surface area contributed by atoms with Crippen LogP contribution in [0.15, 0.2) is 147 Å². The zero-order valence-corrected chi connectivity index (χ0v) is 83.1. The van der Waals surface area contributed by atoms with Gasteiger partial charge in [-0.15, -0.1) is 0 Å². The molecule has 0 radical (unpaired) electrons. The van der Waals surface area contributed by atoms with Gasteiger partial charge in [0.05, 0.1) is 81.4 Å². The van der Waals surface area contributed by atoms with Crippen molar-refractivity contribution in [1.82, 2.24) is 128 Å². The van der Waals surface area contributed by atoms with Gasteiger partial charge in [0.2, 0.25) is 11.8 Å². The maximum atomic E-state index is 12.2. The van der Waals surface area contributed by atoms with E-state index in [1.807, 2.05) is 122 Å². The van der Waals surface area contributed by atoms with E-state index >= 15 is 0 Å². The molecule has 0 aliphatic carbocycles. The Labute approximate surface area is 840 Å². The van der Waals surface area contributed by atoms with E-state index in [1.165, 1.54) is 11.4 Å². The number of rotatable bonds is 12. The summed E-state index contributed by atoms with van der Waals surface area (Å²) in [5, 5.41) is 53.1. The third-order valence-corrected chi connectivity index (χ3v) is 29.6. The SMILES string of the molecule is Cc1c(-c2cc3cc(Nc4cc5n(n4)CC(=O)N(C)CC5)ncc3c(N)n2)cnc2c1NCC[C@@H]2C.Cc1c(-c2cc3cc(Nc4cc5n(n4)CC(=O)N(C)CC5)ncc3c(N)n2)cnc2c1NCC[C@H]2C.Cc1c(-c2cc3cc(Nc4cc5n(n4)Cc4nccn4CC5)ncc3c(N)n2)cnc2c1NCC[C@@H]2C.Cc1c(-c2cc3cc(Nc4cc5n(n4)Cc4nccn4CC5)ncc3c(N)n2)cnc2c1NCC[C@H]2C. The van der Waals surface area contributed by atoms with E-state index < -0.39 is 0 Å². The van der Waals surface area contributed by atoms with Crippen molar-refractivity contribution in [2.75, 3.05) is 119 Å². The maximum absolute atomic E-state index is 12.2. The van der Waals surface area contributed by atoms with Gasteiger partial charge < -0.3 is 84.4 Å². The number of nitrogens with zero attached hydrogens (tertiary/aromatic N) is 26. The minimum Gasteiger partial charge on any atom is -0.383 e. The van der Waals surface area contributed by atoms with Crippen molar-refractivity contribution in [3.8, 4) is 45.0 Å². The first-order chi connectivity index (χ1) is 70.8. The summed E-state index contributed by atoms with van der Waals surface area (Å²) in [5.74, 6) is 11.2. The number of nitrogen functional groups attached to an aromatic ring is 4. The molecule has 4 atom stereocenters. The number of amides is 2. The third-order valence-electron chi connectivity index (χ3n) is 29.6. The van der Waals surface area contributed by atoms with Crippen LogP contribution >= 0.6 is 0 Å². The number of hydrogen-bond donors (Lipinski definition) is 12. The van der Waals surface area contributed by atoms with Gasteiger partial charge >= 0.3 is 0 Å². The van der Waals surface area contributed by atoms with Gasteiger partial charge in [0, 0.05) is 281 Å². The van der Waals surface area contributed by atoms with Gasteiger partial charge in [0.25, 0.3) is 0 Å². The number of aryl methyl sites for hydroxylation is 4. The van der Waals surface area contributed by atoms with Crippen LogP contribution < -0.4 is 65.5 Å². The van der Waals surface area contributed by atoms with Crippen molar-refractivity contribution in [3.05, 3.63) is 227 Å². The Morgan fingerprint density at radius 1 is 0.315 bits per heavy atom. The Balaban J connectivity index is 0.000000107. The fourth-order valence-electron chi connectivity index (χ4n) is 21.0. The number of pyridine rings is 12. The van der Waals surface area contributed by atoms with Crippen LogP contribution in [-0.4, -0.2) is 193 Å². The Kier molecular flexibility index (Phi) is 23.9. The topological polar surface area (TPSA) is 503 Å². The number of carbonyl (C=O) groups is 2. The van der Waals surface area contributed by atoms with E-state index in [2.05, 4.69) is 181 Å². The summed E-state index contributed by atoms with van der Waals surface area (Å²) in [6.45, 7) is 26.1. The van der Waals surface area contributed by atoms with E-state index in [-0.39, 0.29) is 24.9 Å². The lowest BCUT2D eigenvalue weighted by Crippen LogP contribution is -2.29. The molecular formula is C106H114N38O2. The average Bonchev–Trinajstić information content (AvgIpc) is 0.888. The van der Waals surface area contributed by atoms with Crippen LogP contribution in [0.5, 0.6) is 0 Å². The van der Waals surface area contributed by atoms with Crippen molar-refractivity contribution >= 4 is 147 Å². The minimum atomic E-state index is 0.0550. The molecule has 0 spiro atoms. The second-order valence-corrected chi connectivity index (χ2v) is 39.3. The lowest BCUT2D eigenvalue weighted by atomic mass is 9.93. The number of carbonyl (C=O) groups excluding carboxylic acids is 2. The van der Waals surface area contributed by atoms with Crippen LogP contribution in [0.25, 0.3) is 88.1 Å². The third kappa shape index (κ3) is 17.9. The Morgan fingerprint density at radius 2 is 0.575 bits per heavy atom. The highest BCUT2D eigenvalue weighted by atomic mass is 16.2. The molecule has 0 saturated heterocycles. The van der Waals surface area contributed by atoms with Crippen LogP contribution in [0, 0.1) is 27.7 Å². The zero-order valence-electron chi connectivity index (χ0n) is 83.1. The van der Waals surface area contributed by atoms with Gasteiger partial charge in [-0.3, -0.25) is 48.3 Å². The highest BCUT2D eigenvalue weighted by molar-refractivity contribution is 5.99. The molecule has 8 aliphatic heterocycles. The number of aromatic nitrogens is 24. The Bertz CT molecular complexity index is 7770. The molecule has 8 aliphatic rings. The van der Waals surface area contributed by atoms with Crippen LogP contribution in [0.3, 0.4) is 0 Å². The number of hydrogen-bond acceptors (Lipinski definition) is 32. The van der Waals surface area contributed by atoms with Crippen molar-refractivity contribution in [2.24, 2.45) is 0 Å². The van der Waals surface area contributed by atoms with Gasteiger partial charge in [-0.2, -0.15) is 20.4 Å². The summed E-state index contributed by atoms with van der Waals surface area (Å²) in [7, 11) is 3.64. The molecule has 26 heterocycles. The molecule has 16 N–H and O–H groups in total. The van der Waals surface area contributed by atoms with Crippen molar-refractivity contribution < 1.29 is 9.59 Å². The molecule has 26 rings (SSSR count). The molecule has 0 saturated carbocycles. The Morgan fingerprint density at radius 3 is 0.849 bits per heavy atom. The quantitative estimate of drug-likeness (QED) is 0.0540. The van der Waals surface area contributed by atoms with E-state index in [0.717, 1.165) is 281 Å². The van der Waals surface area contributed by atoms with Crippen molar-refractivity contribution in [1.29, 1.82) is 0 Å². The molecule has 40 heteroatoms. The summed E-state index contributed by atoms with van der Waals surface area (Å²) in [6.07, 6.45) is 30.0. The summed E-state index contributed by atoms with van der Waals surface area (Å²) in [6, 6.07) is 24.2. The highest BCUT2D eigenvalue weighted by Crippen LogP contribution is 2.45. The predicted molar refractivity (Wildman–Crippen MR) is 569 cm³/mol. The maximum Gasteiger partial charge on any atom is 0.244 e. The summed E-state index contributed by atoms with van der Waals surface area (Å²) >= 11 is 0. The first kappa shape index (κ1) is 92.4. The molecule has 18 aromatic rings. The summed E-state index contributed by atoms with van der Waals surface area (Å²) < 4.78 is 11.9. The van der Waals surface area contributed by atoms with Gasteiger partial charge in [0.15, 0.2) is 23.3 Å². The normalized spacial score (nSPS) is 16.9. The molecule has 18 aromatic heterocycles. The number of fused-ring (bicyclic) bond motifs is 14. The lowest BCUT2D eigenvalue weighted by molar-refractivity contribution is -0.131. The largest absolute Gasteiger partial charge is 0.383 e. The summed E-state index contributed by atoms with van der Waals surface area (Å²) in [5.41, 5.74) is 50.4. The highest BCUT2D eigenvalue weighted by Gasteiger charge is 2.31. The van der Waals surface area contributed by atoms with Crippen LogP contribution in [-0.2, 0) is 74.5 Å². The Hall–Kier alpha value is -17.4. The number of likely N-dealkylation sites (N-methyl/N-ethyl adjacent to an activating group) is 2. The standard InChI is InChI=1S/2C27H28N10.2C26H29N9O/c2*1-15-3-5-30-26-16(2)19(12-32-25(15)26)21-9-17-10-22(31-13-20(17)27(28)33-21)34-23-11-18-4-7-36-8-6-29-24(36)14-37(18)35-23;2*1-14-4-6-28-25-15(2)18(11-30-24(14)25)20-8-16-9-21(29-12-19(16)26(27)31-20)32-22-10-17-5-7-34(3)23(36)13-35(17)33-22/h2*6,8-13,15,30H,3-5,7,14H2,1-2H3,(H2,28,33)(H,31,34,35);2*8-12,14,28H,4-7,13H2,1-3H3,(H2,27,31)(H,29,32,33)/t2*15-;2*14-/m1010/s1. The number of nitrogens with two attached hydrogens (primary N) is 4. The second kappa shape index (κ2) is 37.8. The van der Waals surface area contributed by atoms with Crippen LogP contribution in [0.4, 0.5) is 92.6 Å². The molecule has 146 heavy (non-hydrogen) atoms. The number of nitrogens with one attached hydrogen (secondary N) is 8. The minimum absolute atomic E-state index is 0.0550. The molecule has 40 nitrogen and oxygen atoms in total. The van der Waals surface area contributed by atoms with Crippen molar-refractivity contribution in [2.45, 2.75) is 170 Å². The molecule has 740 valence electrons. The predicted octanol–water partition coefficient (Wildman–Crippen LogP) is 15.4. The molecule has 0 fully saturated rings. The fraction of sp³-hybridized carbons (Fsp3) is 0.321. The molecule has 2 amide bonds. The van der Waals surface area contributed by atoms with Gasteiger partial charge in [-0.05, 0) is 146 Å². The fourth-order valence-corrected chi connectivity index (χ4v) is 21.0. The molecule has 0 unspecified atom stereocenters. The average molecular weight is 1950 g/mol. The summed E-state index contributed by atoms with van der Waals surface area (Å²) in [4.78, 5) is 92.9. The molecular weight excluding hydrogens is 1840 g/mol. The monoisotopic (exact) mass is 1950 g/mol. The first-order valence-corrected chi connectivity index (χ1v) is 49.8. The number of anilines is 16. The van der Waals surface area contributed by atoms with Crippen LogP contribution in [0.1, 0.15) is 157 Å². The second-order valence-electron chi connectivity index (χ2n) is 39.3. The lowest BCUT2D eigenvalue weighted by Gasteiger charge is -2.25. The molecule has 0 bridgehead atoms. The molecule has 0 aromatic carbocycles. The van der Waals surface area contributed by atoms with E-state index in [0.29, 0.717) is 108 Å². The van der Waals surface area contributed by atoms with Crippen LogP contribution in [0.2, 0.25) is 0 Å². The van der Waals surface area contributed by atoms with E-state index in [1.54, 1.807) is 44.0 Å². The smallest absolute Gasteiger partial charge is 0.244 e. The van der Waals surface area contributed by atoms with Crippen molar-refractivity contribution in [3.63, 3.8) is 0 Å². The zero-order chi connectivity index (χ0) is 100. The first-order valence-electron chi connectivity index (χ1n) is 49.8. The van der Waals surface area contributed by atoms with E-state index in [4.69, 9.17) is 63.0 Å². The van der Waals surface area contributed by atoms with Gasteiger partial charge in [0.1, 0.15) is 71.3 Å². The number of imidazole rings is 2. The van der Waals surface area contributed by atoms with Gasteiger partial charge in [-0.1, -0.05) is 27.7 Å². The van der Waals surface area contributed by atoms with Gasteiger partial charge in [-0.25, -0.2) is 49.8 Å². The van der Waals surface area contributed by atoms with E-state index in [9.17, 15) is 9.59 Å².